The minimum atomic E-state index is -0.238. The molecule has 4 heteroatoms. The van der Waals surface area contributed by atoms with Crippen LogP contribution >= 0.6 is 0 Å². The van der Waals surface area contributed by atoms with Crippen LogP contribution in [0.2, 0.25) is 0 Å². The maximum atomic E-state index is 6.01. The zero-order valence-corrected chi connectivity index (χ0v) is 11.6. The van der Waals surface area contributed by atoms with Crippen LogP contribution in [0.3, 0.4) is 0 Å². The summed E-state index contributed by atoms with van der Waals surface area (Å²) in [5.74, 6) is 0.978. The second-order valence-corrected chi connectivity index (χ2v) is 5.54. The van der Waals surface area contributed by atoms with Gasteiger partial charge in [-0.2, -0.15) is 5.10 Å². The van der Waals surface area contributed by atoms with E-state index in [2.05, 4.69) is 36.4 Å². The molecule has 3 rings (SSSR count). The third-order valence-corrected chi connectivity index (χ3v) is 3.55. The van der Waals surface area contributed by atoms with Crippen molar-refractivity contribution in [2.45, 2.75) is 32.0 Å². The van der Waals surface area contributed by atoms with Gasteiger partial charge in [-0.3, -0.25) is 4.68 Å². The van der Waals surface area contributed by atoms with E-state index in [9.17, 15) is 0 Å². The molecule has 0 radical (unpaired) electrons. The van der Waals surface area contributed by atoms with E-state index in [0.29, 0.717) is 0 Å². The van der Waals surface area contributed by atoms with Crippen LogP contribution in [0.5, 0.6) is 5.75 Å². The molecule has 0 spiro atoms. The highest BCUT2D eigenvalue weighted by atomic mass is 16.5. The number of fused-ring (bicyclic) bond motifs is 1. The van der Waals surface area contributed by atoms with Crippen molar-refractivity contribution >= 4 is 0 Å². The van der Waals surface area contributed by atoms with Crippen LogP contribution in [0.15, 0.2) is 36.5 Å². The SMILES string of the molecule is Cn1ccc(CNC2c3ccccc3OC2(C)C)n1. The molecule has 0 bridgehead atoms. The van der Waals surface area contributed by atoms with Crippen molar-refractivity contribution in [2.75, 3.05) is 0 Å². The van der Waals surface area contributed by atoms with Crippen molar-refractivity contribution in [3.05, 3.63) is 47.8 Å². The van der Waals surface area contributed by atoms with Crippen LogP contribution in [0, 0.1) is 0 Å². The number of nitrogens with zero attached hydrogens (tertiary/aromatic N) is 2. The number of nitrogens with one attached hydrogen (secondary N) is 1. The molecule has 0 amide bonds. The molecular formula is C15H19N3O. The normalized spacial score (nSPS) is 20.1. The van der Waals surface area contributed by atoms with Gasteiger partial charge in [0.15, 0.2) is 0 Å². The molecule has 2 heterocycles. The van der Waals surface area contributed by atoms with E-state index in [4.69, 9.17) is 4.74 Å². The van der Waals surface area contributed by atoms with Crippen LogP contribution in [-0.2, 0) is 13.6 Å². The van der Waals surface area contributed by atoms with Gasteiger partial charge in [0.25, 0.3) is 0 Å². The Morgan fingerprint density at radius 2 is 2.11 bits per heavy atom. The molecule has 0 aliphatic carbocycles. The van der Waals surface area contributed by atoms with Gasteiger partial charge in [-0.1, -0.05) is 18.2 Å². The quantitative estimate of drug-likeness (QED) is 0.918. The number of aromatic nitrogens is 2. The summed E-state index contributed by atoms with van der Waals surface area (Å²) in [5.41, 5.74) is 2.03. The predicted octanol–water partition coefficient (Wildman–Crippen LogP) is 2.42. The Bertz CT molecular complexity index is 589. The number of hydrogen-bond acceptors (Lipinski definition) is 3. The lowest BCUT2D eigenvalue weighted by molar-refractivity contribution is 0.0956. The zero-order valence-electron chi connectivity index (χ0n) is 11.6. The highest BCUT2D eigenvalue weighted by Crippen LogP contribution is 2.42. The average molecular weight is 257 g/mol. The van der Waals surface area contributed by atoms with Gasteiger partial charge in [0.1, 0.15) is 11.4 Å². The minimum Gasteiger partial charge on any atom is -0.486 e. The van der Waals surface area contributed by atoms with Crippen molar-refractivity contribution in [2.24, 2.45) is 7.05 Å². The third-order valence-electron chi connectivity index (χ3n) is 3.55. The smallest absolute Gasteiger partial charge is 0.125 e. The number of hydrogen-bond donors (Lipinski definition) is 1. The van der Waals surface area contributed by atoms with Crippen molar-refractivity contribution in [1.82, 2.24) is 15.1 Å². The number of para-hydroxylation sites is 1. The van der Waals surface area contributed by atoms with E-state index in [0.717, 1.165) is 18.0 Å². The summed E-state index contributed by atoms with van der Waals surface area (Å²) >= 11 is 0. The Morgan fingerprint density at radius 1 is 1.32 bits per heavy atom. The van der Waals surface area contributed by atoms with E-state index < -0.39 is 0 Å². The van der Waals surface area contributed by atoms with E-state index in [-0.39, 0.29) is 11.6 Å². The van der Waals surface area contributed by atoms with E-state index in [1.54, 1.807) is 0 Å². The lowest BCUT2D eigenvalue weighted by Crippen LogP contribution is -2.38. The fourth-order valence-electron chi connectivity index (χ4n) is 2.65. The lowest BCUT2D eigenvalue weighted by Gasteiger charge is -2.27. The first-order chi connectivity index (χ1) is 9.06. The van der Waals surface area contributed by atoms with Gasteiger partial charge in [-0.05, 0) is 26.0 Å². The van der Waals surface area contributed by atoms with Crippen LogP contribution < -0.4 is 10.1 Å². The molecule has 1 atom stereocenters. The van der Waals surface area contributed by atoms with Crippen LogP contribution in [0.1, 0.15) is 31.1 Å². The summed E-state index contributed by atoms with van der Waals surface area (Å²) in [4.78, 5) is 0. The van der Waals surface area contributed by atoms with Gasteiger partial charge in [0.2, 0.25) is 0 Å². The fraction of sp³-hybridized carbons (Fsp3) is 0.400. The van der Waals surface area contributed by atoms with E-state index >= 15 is 0 Å². The van der Waals surface area contributed by atoms with Gasteiger partial charge in [-0.15, -0.1) is 0 Å². The maximum absolute atomic E-state index is 6.01. The summed E-state index contributed by atoms with van der Waals surface area (Å²) in [6.45, 7) is 4.97. The molecule has 0 fully saturated rings. The molecule has 1 aromatic heterocycles. The Balaban J connectivity index is 1.79. The molecule has 1 aliphatic rings. The first kappa shape index (κ1) is 12.2. The molecule has 4 nitrogen and oxygen atoms in total. The van der Waals surface area contributed by atoms with Crippen LogP contribution in [0.4, 0.5) is 0 Å². The molecular weight excluding hydrogens is 238 g/mol. The van der Waals surface area contributed by atoms with Gasteiger partial charge in [0.05, 0.1) is 11.7 Å². The summed E-state index contributed by atoms with van der Waals surface area (Å²) < 4.78 is 7.83. The minimum absolute atomic E-state index is 0.186. The highest BCUT2D eigenvalue weighted by Gasteiger charge is 2.40. The van der Waals surface area contributed by atoms with Crippen molar-refractivity contribution in [1.29, 1.82) is 0 Å². The van der Waals surface area contributed by atoms with Gasteiger partial charge in [0, 0.05) is 25.4 Å². The van der Waals surface area contributed by atoms with Gasteiger partial charge >= 0.3 is 0 Å². The number of benzene rings is 1. The molecule has 1 aromatic carbocycles. The zero-order chi connectivity index (χ0) is 13.5. The number of ether oxygens (including phenoxy) is 1. The molecule has 0 saturated carbocycles. The molecule has 1 unspecified atom stereocenters. The number of aryl methyl sites for hydroxylation is 1. The molecule has 2 aromatic rings. The predicted molar refractivity (Wildman–Crippen MR) is 73.9 cm³/mol. The second-order valence-electron chi connectivity index (χ2n) is 5.54. The first-order valence-corrected chi connectivity index (χ1v) is 6.56. The standard InChI is InChI=1S/C15H19N3O/c1-15(2)14(12-6-4-5-7-13(12)19-15)16-10-11-8-9-18(3)17-11/h4-9,14,16H,10H2,1-3H3. The second kappa shape index (κ2) is 4.38. The summed E-state index contributed by atoms with van der Waals surface area (Å²) in [6, 6.07) is 10.4. The molecule has 19 heavy (non-hydrogen) atoms. The van der Waals surface area contributed by atoms with Crippen molar-refractivity contribution in [3.63, 3.8) is 0 Å². The summed E-state index contributed by atoms with van der Waals surface area (Å²) in [7, 11) is 1.93. The Hall–Kier alpha value is -1.81. The summed E-state index contributed by atoms with van der Waals surface area (Å²) in [6.07, 6.45) is 1.96. The van der Waals surface area contributed by atoms with Crippen molar-refractivity contribution in [3.8, 4) is 5.75 Å². The molecule has 1 aliphatic heterocycles. The first-order valence-electron chi connectivity index (χ1n) is 6.56. The fourth-order valence-corrected chi connectivity index (χ4v) is 2.65. The third kappa shape index (κ3) is 2.24. The molecule has 0 saturated heterocycles. The van der Waals surface area contributed by atoms with E-state index in [1.165, 1.54) is 5.56 Å². The number of rotatable bonds is 3. The Morgan fingerprint density at radius 3 is 2.84 bits per heavy atom. The summed E-state index contributed by atoms with van der Waals surface area (Å²) in [5, 5.41) is 7.95. The topological polar surface area (TPSA) is 39.1 Å². The Labute approximate surface area is 113 Å². The lowest BCUT2D eigenvalue weighted by atomic mass is 9.94. The largest absolute Gasteiger partial charge is 0.486 e. The van der Waals surface area contributed by atoms with Gasteiger partial charge < -0.3 is 10.1 Å². The monoisotopic (exact) mass is 257 g/mol. The Kier molecular flexibility index (Phi) is 2.82. The van der Waals surface area contributed by atoms with Crippen LogP contribution in [0.25, 0.3) is 0 Å². The maximum Gasteiger partial charge on any atom is 0.125 e. The molecule has 100 valence electrons. The van der Waals surface area contributed by atoms with E-state index in [1.807, 2.05) is 36.1 Å². The van der Waals surface area contributed by atoms with Crippen molar-refractivity contribution < 1.29 is 4.74 Å². The molecule has 1 N–H and O–H groups in total. The van der Waals surface area contributed by atoms with Gasteiger partial charge in [-0.25, -0.2) is 0 Å². The highest BCUT2D eigenvalue weighted by molar-refractivity contribution is 5.42. The average Bonchev–Trinajstić information content (AvgIpc) is 2.87. The van der Waals surface area contributed by atoms with Crippen LogP contribution in [-0.4, -0.2) is 15.4 Å².